The molecule has 0 aromatic heterocycles. The first-order valence-corrected chi connectivity index (χ1v) is 11.0. The molecule has 2 aliphatic heterocycles. The zero-order chi connectivity index (χ0) is 23.3. The van der Waals surface area contributed by atoms with Crippen molar-refractivity contribution in [1.29, 1.82) is 0 Å². The highest BCUT2D eigenvalue weighted by Gasteiger charge is 2.34. The molecule has 0 aromatic carbocycles. The zero-order valence-corrected chi connectivity index (χ0v) is 20.2. The maximum atomic E-state index is 11.7. The third-order valence-corrected chi connectivity index (χ3v) is 5.44. The Morgan fingerprint density at radius 1 is 0.733 bits per heavy atom. The number of hydrogen-bond acceptors (Lipinski definition) is 6. The number of carbonyl (C=O) groups is 2. The minimum absolute atomic E-state index is 0.217. The summed E-state index contributed by atoms with van der Waals surface area (Å²) >= 11 is 0. The van der Waals surface area contributed by atoms with Crippen LogP contribution in [0.1, 0.15) is 55.4 Å². The van der Waals surface area contributed by atoms with E-state index in [1.807, 2.05) is 41.5 Å². The quantitative estimate of drug-likeness (QED) is 0.699. The molecular weight excluding hydrogens is 384 g/mol. The fourth-order valence-electron chi connectivity index (χ4n) is 3.63. The van der Waals surface area contributed by atoms with E-state index in [-0.39, 0.29) is 12.2 Å². The summed E-state index contributed by atoms with van der Waals surface area (Å²) in [6.45, 7) is 19.8. The molecule has 2 heterocycles. The maximum Gasteiger partial charge on any atom is 0.410 e. The van der Waals surface area contributed by atoms with Crippen molar-refractivity contribution in [3.63, 3.8) is 0 Å². The number of ether oxygens (including phenoxy) is 2. The molecule has 2 aliphatic rings. The molecule has 0 unspecified atom stereocenters. The molecule has 0 aromatic rings. The van der Waals surface area contributed by atoms with Crippen molar-refractivity contribution in [2.75, 3.05) is 39.3 Å². The van der Waals surface area contributed by atoms with Gasteiger partial charge in [-0.15, -0.1) is 0 Å². The van der Waals surface area contributed by atoms with Crippen LogP contribution in [0.3, 0.4) is 0 Å². The Hall–Kier alpha value is -1.54. The van der Waals surface area contributed by atoms with Gasteiger partial charge in [-0.05, 0) is 78.3 Å². The lowest BCUT2D eigenvalue weighted by atomic mass is 9.99. The zero-order valence-electron chi connectivity index (χ0n) is 20.2. The minimum atomic E-state index is -0.416. The Morgan fingerprint density at radius 2 is 1.03 bits per heavy atom. The molecule has 0 aliphatic carbocycles. The summed E-state index contributed by atoms with van der Waals surface area (Å²) in [5.74, 6) is 1.78. The van der Waals surface area contributed by atoms with E-state index in [0.29, 0.717) is 36.8 Å². The van der Waals surface area contributed by atoms with E-state index >= 15 is 0 Å². The van der Waals surface area contributed by atoms with Gasteiger partial charge in [-0.2, -0.15) is 0 Å². The lowest BCUT2D eigenvalue weighted by Gasteiger charge is -2.24. The summed E-state index contributed by atoms with van der Waals surface area (Å²) in [4.78, 5) is 27.0. The number of nitrogens with zero attached hydrogens (tertiary/aromatic N) is 2. The van der Waals surface area contributed by atoms with Gasteiger partial charge in [0.05, 0.1) is 0 Å². The smallest absolute Gasteiger partial charge is 0.410 e. The van der Waals surface area contributed by atoms with Crippen LogP contribution >= 0.6 is 0 Å². The minimum Gasteiger partial charge on any atom is -0.444 e. The molecule has 0 bridgehead atoms. The lowest BCUT2D eigenvalue weighted by molar-refractivity contribution is 0.0274. The van der Waals surface area contributed by atoms with Crippen molar-refractivity contribution in [2.24, 2.45) is 35.1 Å². The third-order valence-electron chi connectivity index (χ3n) is 5.44. The number of nitrogens with two attached hydrogens (primary N) is 2. The van der Waals surface area contributed by atoms with Gasteiger partial charge in [0.1, 0.15) is 11.2 Å². The van der Waals surface area contributed by atoms with E-state index in [1.165, 1.54) is 0 Å². The van der Waals surface area contributed by atoms with Gasteiger partial charge in [0, 0.05) is 26.2 Å². The molecule has 176 valence electrons. The first kappa shape index (κ1) is 26.5. The van der Waals surface area contributed by atoms with Crippen molar-refractivity contribution in [3.8, 4) is 0 Å². The lowest BCUT2D eigenvalue weighted by Crippen LogP contribution is -2.35. The van der Waals surface area contributed by atoms with Gasteiger partial charge in [-0.25, -0.2) is 9.59 Å². The summed E-state index contributed by atoms with van der Waals surface area (Å²) in [6.07, 6.45) is -0.435. The molecule has 0 spiro atoms. The molecule has 0 radical (unpaired) electrons. The molecule has 0 saturated carbocycles. The molecule has 4 atom stereocenters. The predicted octanol–water partition coefficient (Wildman–Crippen LogP) is 2.90. The molecule has 30 heavy (non-hydrogen) atoms. The highest BCUT2D eigenvalue weighted by atomic mass is 16.6. The van der Waals surface area contributed by atoms with Gasteiger partial charge in [0.25, 0.3) is 0 Å². The van der Waals surface area contributed by atoms with Crippen molar-refractivity contribution >= 4 is 12.2 Å². The van der Waals surface area contributed by atoms with E-state index in [2.05, 4.69) is 13.8 Å². The van der Waals surface area contributed by atoms with Crippen molar-refractivity contribution in [3.05, 3.63) is 0 Å². The van der Waals surface area contributed by atoms with Gasteiger partial charge < -0.3 is 30.7 Å². The third kappa shape index (κ3) is 8.68. The van der Waals surface area contributed by atoms with Crippen LogP contribution in [-0.4, -0.2) is 72.5 Å². The molecular formula is C22H44N4O4. The summed E-state index contributed by atoms with van der Waals surface area (Å²) in [6, 6.07) is 0. The average Bonchev–Trinajstić information content (AvgIpc) is 3.15. The fraction of sp³-hybridized carbons (Fsp3) is 0.909. The highest BCUT2D eigenvalue weighted by molar-refractivity contribution is 5.69. The maximum absolute atomic E-state index is 11.7. The second kappa shape index (κ2) is 10.7. The summed E-state index contributed by atoms with van der Waals surface area (Å²) < 4.78 is 10.6. The van der Waals surface area contributed by atoms with Crippen LogP contribution in [0.4, 0.5) is 9.59 Å². The van der Waals surface area contributed by atoms with E-state index in [4.69, 9.17) is 20.9 Å². The Kier molecular flexibility index (Phi) is 9.42. The van der Waals surface area contributed by atoms with Gasteiger partial charge in [-0.1, -0.05) is 13.8 Å². The molecule has 8 nitrogen and oxygen atoms in total. The van der Waals surface area contributed by atoms with Crippen LogP contribution < -0.4 is 11.5 Å². The summed E-state index contributed by atoms with van der Waals surface area (Å²) in [7, 11) is 0. The number of amides is 2. The monoisotopic (exact) mass is 428 g/mol. The second-order valence-corrected chi connectivity index (χ2v) is 10.7. The predicted molar refractivity (Wildman–Crippen MR) is 119 cm³/mol. The van der Waals surface area contributed by atoms with Gasteiger partial charge >= 0.3 is 12.2 Å². The van der Waals surface area contributed by atoms with Crippen LogP contribution in [0.25, 0.3) is 0 Å². The highest BCUT2D eigenvalue weighted by Crippen LogP contribution is 2.24. The first-order chi connectivity index (χ1) is 13.7. The second-order valence-electron chi connectivity index (χ2n) is 10.7. The van der Waals surface area contributed by atoms with E-state index in [1.54, 1.807) is 9.80 Å². The molecule has 8 heteroatoms. The Labute approximate surface area is 182 Å². The number of rotatable bonds is 2. The normalized spacial score (nSPS) is 26.9. The van der Waals surface area contributed by atoms with Crippen molar-refractivity contribution in [1.82, 2.24) is 9.80 Å². The molecule has 2 amide bonds. The van der Waals surface area contributed by atoms with Crippen LogP contribution in [0.5, 0.6) is 0 Å². The number of hydrogen-bond donors (Lipinski definition) is 2. The van der Waals surface area contributed by atoms with E-state index < -0.39 is 11.2 Å². The molecule has 4 N–H and O–H groups in total. The summed E-state index contributed by atoms with van der Waals surface area (Å²) in [5.41, 5.74) is 10.4. The largest absolute Gasteiger partial charge is 0.444 e. The Balaban J connectivity index is 0.000000300. The van der Waals surface area contributed by atoms with Gasteiger partial charge in [0.2, 0.25) is 0 Å². The number of likely N-dealkylation sites (tertiary alicyclic amines) is 2. The SMILES string of the molecule is C[C@@H]1CN(C(=O)OC(C)(C)C)C[C@@H]1CN.C[C@H]1CN(C(=O)OC(C)(C)C)C[C@H]1CN. The topological polar surface area (TPSA) is 111 Å². The van der Waals surface area contributed by atoms with Crippen LogP contribution in [0.2, 0.25) is 0 Å². The number of carbonyl (C=O) groups excluding carboxylic acids is 2. The van der Waals surface area contributed by atoms with Crippen LogP contribution in [-0.2, 0) is 9.47 Å². The van der Waals surface area contributed by atoms with Gasteiger partial charge in [0.15, 0.2) is 0 Å². The van der Waals surface area contributed by atoms with Gasteiger partial charge in [-0.3, -0.25) is 0 Å². The Morgan fingerprint density at radius 3 is 1.23 bits per heavy atom. The molecule has 2 rings (SSSR count). The molecule has 2 fully saturated rings. The van der Waals surface area contributed by atoms with Crippen molar-refractivity contribution in [2.45, 2.75) is 66.6 Å². The van der Waals surface area contributed by atoms with Crippen LogP contribution in [0.15, 0.2) is 0 Å². The van der Waals surface area contributed by atoms with Crippen LogP contribution in [0, 0.1) is 23.7 Å². The Bertz CT molecular complexity index is 520. The van der Waals surface area contributed by atoms with Crippen molar-refractivity contribution < 1.29 is 19.1 Å². The van der Waals surface area contributed by atoms with E-state index in [0.717, 1.165) is 26.2 Å². The standard InChI is InChI=1S/2C11H22N2O2/c2*1-8-6-13(7-9(8)5-12)10(14)15-11(2,3)4/h2*8-9H,5-7,12H2,1-4H3/t2*8-,9+/m10/s1. The average molecular weight is 429 g/mol. The van der Waals surface area contributed by atoms with E-state index in [9.17, 15) is 9.59 Å². The summed E-state index contributed by atoms with van der Waals surface area (Å²) in [5, 5.41) is 0. The first-order valence-electron chi connectivity index (χ1n) is 11.0. The molecule has 2 saturated heterocycles. The fourth-order valence-corrected chi connectivity index (χ4v) is 3.63.